The highest BCUT2D eigenvalue weighted by atomic mass is 32.2. The second kappa shape index (κ2) is 7.60. The molecular weight excluding hydrogens is 433 g/mol. The lowest BCUT2D eigenvalue weighted by Crippen LogP contribution is -2.18. The zero-order valence-electron chi connectivity index (χ0n) is 16.3. The van der Waals surface area contributed by atoms with Gasteiger partial charge < -0.3 is 4.74 Å². The number of fused-ring (bicyclic) bond motifs is 3. The van der Waals surface area contributed by atoms with E-state index in [9.17, 15) is 12.8 Å². The predicted molar refractivity (Wildman–Crippen MR) is 121 cm³/mol. The Hall–Kier alpha value is -3.00. The molecule has 0 bridgehead atoms. The van der Waals surface area contributed by atoms with Gasteiger partial charge in [0.2, 0.25) is 10.0 Å². The summed E-state index contributed by atoms with van der Waals surface area (Å²) in [5.41, 5.74) is 4.89. The maximum absolute atomic E-state index is 14.0. The fourth-order valence-corrected chi connectivity index (χ4v) is 5.43. The van der Waals surface area contributed by atoms with Crippen LogP contribution in [0.1, 0.15) is 22.8 Å². The Morgan fingerprint density at radius 1 is 0.968 bits per heavy atom. The van der Waals surface area contributed by atoms with E-state index in [1.807, 2.05) is 41.8 Å². The fraction of sp³-hybridized carbons (Fsp3) is 0.0833. The molecule has 1 aliphatic rings. The highest BCUT2D eigenvalue weighted by Gasteiger charge is 2.30. The molecule has 1 aliphatic heterocycles. The van der Waals surface area contributed by atoms with Crippen molar-refractivity contribution in [1.82, 2.24) is 0 Å². The highest BCUT2D eigenvalue weighted by Crippen LogP contribution is 2.49. The third-order valence-electron chi connectivity index (χ3n) is 5.24. The largest absolute Gasteiger partial charge is 0.480 e. The second-order valence-corrected chi connectivity index (χ2v) is 10.00. The molecule has 4 nitrogen and oxygen atoms in total. The van der Waals surface area contributed by atoms with Crippen molar-refractivity contribution in [3.8, 4) is 27.3 Å². The number of sulfonamides is 1. The van der Waals surface area contributed by atoms with E-state index in [4.69, 9.17) is 9.88 Å². The van der Waals surface area contributed by atoms with Crippen LogP contribution < -0.4 is 9.88 Å². The summed E-state index contributed by atoms with van der Waals surface area (Å²) in [4.78, 5) is 1.10. The maximum atomic E-state index is 14.0. The molecule has 0 aliphatic carbocycles. The van der Waals surface area contributed by atoms with Gasteiger partial charge in [0.25, 0.3) is 0 Å². The quantitative estimate of drug-likeness (QED) is 0.446. The number of benzene rings is 3. The van der Waals surface area contributed by atoms with Crippen molar-refractivity contribution in [2.24, 2.45) is 5.14 Å². The van der Waals surface area contributed by atoms with Crippen molar-refractivity contribution < 1.29 is 17.5 Å². The molecule has 0 spiro atoms. The minimum Gasteiger partial charge on any atom is -0.480 e. The van der Waals surface area contributed by atoms with E-state index in [-0.39, 0.29) is 11.6 Å². The highest BCUT2D eigenvalue weighted by molar-refractivity contribution is 7.88. The maximum Gasteiger partial charge on any atom is 0.213 e. The van der Waals surface area contributed by atoms with Crippen LogP contribution in [-0.2, 0) is 15.8 Å². The van der Waals surface area contributed by atoms with E-state index in [0.717, 1.165) is 27.1 Å². The molecule has 5 rings (SSSR count). The van der Waals surface area contributed by atoms with Crippen molar-refractivity contribution >= 4 is 21.4 Å². The number of ether oxygens (including phenoxy) is 1. The Kier molecular flexibility index (Phi) is 4.89. The van der Waals surface area contributed by atoms with Crippen LogP contribution in [0.25, 0.3) is 21.6 Å². The van der Waals surface area contributed by atoms with Crippen molar-refractivity contribution in [3.05, 3.63) is 101 Å². The van der Waals surface area contributed by atoms with Gasteiger partial charge in [-0.05, 0) is 46.3 Å². The van der Waals surface area contributed by atoms with E-state index in [1.54, 1.807) is 35.6 Å². The Bertz CT molecular complexity index is 1380. The number of nitrogens with two attached hydrogens (primary N) is 1. The standard InChI is InChI=1S/C24H18FNO3S2/c25-17-5-1-4-16(13-17)24-20-12-15(14-31(26,27)28)9-10-18(20)23-19(22-8-3-11-30-22)6-2-7-21(23)29-24/h1-13,24H,14H2,(H2,26,27,28). The number of thiophene rings is 1. The summed E-state index contributed by atoms with van der Waals surface area (Å²) in [5.74, 6) is 0.0589. The molecule has 0 amide bonds. The summed E-state index contributed by atoms with van der Waals surface area (Å²) in [6.07, 6.45) is -0.572. The average Bonchev–Trinajstić information content (AvgIpc) is 3.26. The van der Waals surface area contributed by atoms with E-state index in [2.05, 4.69) is 0 Å². The van der Waals surface area contributed by atoms with Crippen LogP contribution in [0.5, 0.6) is 5.75 Å². The van der Waals surface area contributed by atoms with E-state index in [1.165, 1.54) is 12.1 Å². The zero-order chi connectivity index (χ0) is 21.6. The Labute approximate surface area is 183 Å². The minimum atomic E-state index is -3.70. The van der Waals surface area contributed by atoms with Gasteiger partial charge in [-0.15, -0.1) is 11.3 Å². The van der Waals surface area contributed by atoms with Gasteiger partial charge >= 0.3 is 0 Å². The van der Waals surface area contributed by atoms with Gasteiger partial charge in [-0.25, -0.2) is 17.9 Å². The van der Waals surface area contributed by atoms with Crippen LogP contribution in [0.3, 0.4) is 0 Å². The van der Waals surface area contributed by atoms with Crippen LogP contribution in [0, 0.1) is 5.82 Å². The molecule has 1 aromatic heterocycles. The summed E-state index contributed by atoms with van der Waals surface area (Å²) in [5, 5.41) is 7.28. The summed E-state index contributed by atoms with van der Waals surface area (Å²) in [6, 6.07) is 21.7. The number of primary sulfonamides is 1. The van der Waals surface area contributed by atoms with Crippen LogP contribution in [0.15, 0.2) is 78.2 Å². The van der Waals surface area contributed by atoms with Crippen LogP contribution in [-0.4, -0.2) is 8.42 Å². The third-order valence-corrected chi connectivity index (χ3v) is 6.88. The third kappa shape index (κ3) is 3.87. The number of rotatable bonds is 4. The number of halogens is 1. The molecule has 0 saturated heterocycles. The molecule has 156 valence electrons. The Morgan fingerprint density at radius 2 is 1.81 bits per heavy atom. The van der Waals surface area contributed by atoms with Crippen molar-refractivity contribution in [3.63, 3.8) is 0 Å². The second-order valence-electron chi connectivity index (χ2n) is 7.44. The van der Waals surface area contributed by atoms with Gasteiger partial charge in [-0.1, -0.05) is 48.5 Å². The number of hydrogen-bond acceptors (Lipinski definition) is 4. The van der Waals surface area contributed by atoms with Gasteiger partial charge in [-0.3, -0.25) is 0 Å². The Morgan fingerprint density at radius 3 is 2.55 bits per heavy atom. The SMILES string of the molecule is NS(=O)(=O)Cc1ccc2c(c1)C(c1cccc(F)c1)Oc1cccc(-c3cccs3)c1-2. The molecule has 0 fully saturated rings. The number of hydrogen-bond donors (Lipinski definition) is 1. The van der Waals surface area contributed by atoms with Crippen LogP contribution in [0.2, 0.25) is 0 Å². The predicted octanol–water partition coefficient (Wildman–Crippen LogP) is 5.49. The monoisotopic (exact) mass is 451 g/mol. The smallest absolute Gasteiger partial charge is 0.213 e. The summed E-state index contributed by atoms with van der Waals surface area (Å²) in [6.45, 7) is 0. The lowest BCUT2D eigenvalue weighted by molar-refractivity contribution is 0.243. The average molecular weight is 452 g/mol. The first-order valence-corrected chi connectivity index (χ1v) is 12.2. The summed E-state index contributed by atoms with van der Waals surface area (Å²) in [7, 11) is -3.70. The molecule has 2 heterocycles. The van der Waals surface area contributed by atoms with Crippen LogP contribution >= 0.6 is 11.3 Å². The van der Waals surface area contributed by atoms with E-state index in [0.29, 0.717) is 16.9 Å². The zero-order valence-corrected chi connectivity index (χ0v) is 17.9. The van der Waals surface area contributed by atoms with Crippen molar-refractivity contribution in [2.45, 2.75) is 11.9 Å². The van der Waals surface area contributed by atoms with Gasteiger partial charge in [0, 0.05) is 21.6 Å². The van der Waals surface area contributed by atoms with Gasteiger partial charge in [0.05, 0.1) is 5.75 Å². The summed E-state index contributed by atoms with van der Waals surface area (Å²) >= 11 is 1.63. The minimum absolute atomic E-state index is 0.282. The molecule has 0 radical (unpaired) electrons. The van der Waals surface area contributed by atoms with Gasteiger partial charge in [0.15, 0.2) is 0 Å². The topological polar surface area (TPSA) is 69.4 Å². The normalized spacial score (nSPS) is 15.1. The van der Waals surface area contributed by atoms with Crippen molar-refractivity contribution in [1.29, 1.82) is 0 Å². The van der Waals surface area contributed by atoms with Crippen molar-refractivity contribution in [2.75, 3.05) is 0 Å². The molecular formula is C24H18FNO3S2. The molecule has 2 N–H and O–H groups in total. The molecule has 1 unspecified atom stereocenters. The molecule has 4 aromatic rings. The summed E-state index contributed by atoms with van der Waals surface area (Å²) < 4.78 is 43.7. The lowest BCUT2D eigenvalue weighted by Gasteiger charge is -2.31. The fourth-order valence-electron chi connectivity index (χ4n) is 4.03. The molecule has 7 heteroatoms. The van der Waals surface area contributed by atoms with E-state index >= 15 is 0 Å². The first-order valence-electron chi connectivity index (χ1n) is 9.62. The molecule has 1 atom stereocenters. The van der Waals surface area contributed by atoms with Gasteiger partial charge in [-0.2, -0.15) is 0 Å². The molecule has 3 aromatic carbocycles. The molecule has 0 saturated carbocycles. The lowest BCUT2D eigenvalue weighted by atomic mass is 9.86. The molecule has 31 heavy (non-hydrogen) atoms. The Balaban J connectivity index is 1.74. The van der Waals surface area contributed by atoms with E-state index < -0.39 is 16.1 Å². The first kappa shape index (κ1) is 19.9. The van der Waals surface area contributed by atoms with Crippen LogP contribution in [0.4, 0.5) is 4.39 Å². The van der Waals surface area contributed by atoms with Gasteiger partial charge in [0.1, 0.15) is 17.7 Å². The first-order chi connectivity index (χ1) is 14.9.